The van der Waals surface area contributed by atoms with Gasteiger partial charge in [-0.2, -0.15) is 0 Å². The van der Waals surface area contributed by atoms with Crippen LogP contribution in [-0.4, -0.2) is 102 Å². The van der Waals surface area contributed by atoms with Gasteiger partial charge < -0.3 is 35.4 Å². The van der Waals surface area contributed by atoms with Crippen LogP contribution in [-0.2, 0) is 45.0 Å². The first kappa shape index (κ1) is 47.5. The Labute approximate surface area is 299 Å². The molecule has 0 saturated carbocycles. The largest absolute Gasteiger partial charge is 0.462 e. The summed E-state index contributed by atoms with van der Waals surface area (Å²) in [5, 5.41) is 0. The molecule has 0 N–H and O–H groups in total. The molecule has 48 heavy (non-hydrogen) atoms. The van der Waals surface area contributed by atoms with Crippen molar-refractivity contribution in [1.29, 1.82) is 0 Å². The molecule has 0 aliphatic rings. The summed E-state index contributed by atoms with van der Waals surface area (Å²) >= 11 is 0. The molecule has 0 atom stereocenters. The van der Waals surface area contributed by atoms with Gasteiger partial charge in [0.15, 0.2) is 33.3 Å². The van der Waals surface area contributed by atoms with Gasteiger partial charge >= 0.3 is 29.1 Å². The van der Waals surface area contributed by atoms with Gasteiger partial charge in [-0.05, 0) is 129 Å². The number of ether oxygens (including phenoxy) is 4. The van der Waals surface area contributed by atoms with E-state index in [2.05, 4.69) is 91.7 Å². The van der Waals surface area contributed by atoms with Crippen molar-refractivity contribution >= 4 is 62.3 Å². The van der Waals surface area contributed by atoms with Crippen molar-refractivity contribution in [2.24, 2.45) is 0 Å². The molecule has 0 aromatic rings. The zero-order chi connectivity index (χ0) is 37.5. The van der Waals surface area contributed by atoms with Gasteiger partial charge in [0, 0.05) is 24.4 Å². The molecule has 0 aromatic heterocycles. The molecule has 0 aromatic carbocycles. The van der Waals surface area contributed by atoms with E-state index in [9.17, 15) is 9.59 Å². The molecule has 0 spiro atoms. The van der Waals surface area contributed by atoms with Gasteiger partial charge in [0.25, 0.3) is 0 Å². The Balaban J connectivity index is 4.38. The topological polar surface area (TPSA) is 108 Å². The van der Waals surface area contributed by atoms with E-state index < -0.39 is 50.4 Å². The van der Waals surface area contributed by atoms with E-state index in [4.69, 9.17) is 35.4 Å². The van der Waals surface area contributed by atoms with E-state index in [0.717, 1.165) is 37.0 Å². The molecule has 0 unspecified atom stereocenters. The third-order valence-electron chi connectivity index (χ3n) is 7.17. The normalized spacial score (nSPS) is 13.4. The summed E-state index contributed by atoms with van der Waals surface area (Å²) in [6.07, 6.45) is 1.55. The molecular weight excluding hydrogens is 713 g/mol. The summed E-state index contributed by atoms with van der Waals surface area (Å²) in [5.74, 6) is -0.677. The van der Waals surface area contributed by atoms with Crippen LogP contribution in [0, 0.1) is 0 Å². The van der Waals surface area contributed by atoms with Gasteiger partial charge in [-0.25, -0.2) is 9.59 Å². The minimum Gasteiger partial charge on any atom is -0.462 e. The summed E-state index contributed by atoms with van der Waals surface area (Å²) in [6, 6.07) is 3.58. The maximum Gasteiger partial charge on any atom is 0.333 e. The predicted octanol–water partition coefficient (Wildman–Crippen LogP) is 8.33. The Bertz CT molecular complexity index is 951. The number of esters is 2. The summed E-state index contributed by atoms with van der Waals surface area (Å²) in [7, 11) is -12.6. The fourth-order valence-electron chi connectivity index (χ4n) is 5.44. The van der Waals surface area contributed by atoms with Crippen molar-refractivity contribution in [2.75, 3.05) is 39.6 Å². The molecule has 0 rings (SSSR count). The Morgan fingerprint density at radius 2 is 0.708 bits per heavy atom. The first-order chi connectivity index (χ1) is 21.7. The third-order valence-corrected chi connectivity index (χ3v) is 29.8. The minimum absolute atomic E-state index is 0.339. The number of carbonyl (C=O) groups is 2. The van der Waals surface area contributed by atoms with Crippen LogP contribution in [0.15, 0.2) is 24.3 Å². The fourth-order valence-corrected chi connectivity index (χ4v) is 32.7. The summed E-state index contributed by atoms with van der Waals surface area (Å²) in [5.41, 5.74) is 0.842. The van der Waals surface area contributed by atoms with Crippen LogP contribution >= 0.6 is 0 Å². The highest BCUT2D eigenvalue weighted by atomic mass is 28.5. The Kier molecular flexibility index (Phi) is 20.9. The first-order valence-corrected chi connectivity index (χ1v) is 35.4. The average Bonchev–Trinajstić information content (AvgIpc) is 2.87. The highest BCUT2D eigenvalue weighted by molar-refractivity contribution is 6.88. The molecule has 0 heterocycles. The van der Waals surface area contributed by atoms with E-state index in [-0.39, 0.29) is 11.9 Å². The van der Waals surface area contributed by atoms with E-state index >= 15 is 0 Å². The van der Waals surface area contributed by atoms with E-state index in [1.807, 2.05) is 0 Å². The summed E-state index contributed by atoms with van der Waals surface area (Å²) in [4.78, 5) is 23.2. The lowest BCUT2D eigenvalue weighted by Gasteiger charge is -2.39. The molecule has 0 amide bonds. The number of hydrogen-bond donors (Lipinski definition) is 0. The second kappa shape index (κ2) is 21.1. The van der Waals surface area contributed by atoms with Crippen molar-refractivity contribution < 1.29 is 45.0 Å². The number of carbonyl (C=O) groups excluding carboxylic acids is 2. The van der Waals surface area contributed by atoms with Crippen LogP contribution in [0.2, 0.25) is 103 Å². The Hall–Kier alpha value is -0.519. The number of rotatable bonds is 27. The standard InChI is InChI=1S/C32H70O10Si6/c1-29(2)31(33)37-19-17-25-43(5,6)39-47(13,14)41-45(9,10)27-23-35-21-22-36-24-28-46(11,12)42-48(15,16)40-44(7,8)26-18-20-38-32(34)30(3)4/h1,3,17-28H2,2,4-16H3. The molecule has 0 aliphatic heterocycles. The Morgan fingerprint density at radius 3 is 0.979 bits per heavy atom. The maximum absolute atomic E-state index is 11.6. The third kappa shape index (κ3) is 24.6. The van der Waals surface area contributed by atoms with E-state index in [1.54, 1.807) is 13.8 Å². The molecule has 0 aliphatic carbocycles. The Morgan fingerprint density at radius 1 is 0.438 bits per heavy atom. The van der Waals surface area contributed by atoms with Gasteiger partial charge in [0.05, 0.1) is 26.4 Å². The van der Waals surface area contributed by atoms with Crippen LogP contribution in [0.1, 0.15) is 26.7 Å². The number of hydrogen-bond acceptors (Lipinski definition) is 10. The maximum atomic E-state index is 11.6. The molecule has 16 heteroatoms. The van der Waals surface area contributed by atoms with Crippen LogP contribution < -0.4 is 0 Å². The highest BCUT2D eigenvalue weighted by Crippen LogP contribution is 2.27. The molecular formula is C32H70O10Si6. The molecule has 282 valence electrons. The van der Waals surface area contributed by atoms with Crippen molar-refractivity contribution in [3.05, 3.63) is 24.3 Å². The average molecular weight is 783 g/mol. The van der Waals surface area contributed by atoms with Gasteiger partial charge in [-0.3, -0.25) is 0 Å². The highest BCUT2D eigenvalue weighted by Gasteiger charge is 2.40. The van der Waals surface area contributed by atoms with E-state index in [0.29, 0.717) is 50.8 Å². The first-order valence-electron chi connectivity index (χ1n) is 17.3. The molecule has 0 bridgehead atoms. The predicted molar refractivity (Wildman–Crippen MR) is 211 cm³/mol. The van der Waals surface area contributed by atoms with Gasteiger partial charge in [-0.15, -0.1) is 0 Å². The van der Waals surface area contributed by atoms with Crippen molar-refractivity contribution in [3.63, 3.8) is 0 Å². The van der Waals surface area contributed by atoms with Crippen LogP contribution in [0.3, 0.4) is 0 Å². The quantitative estimate of drug-likeness (QED) is 0.0350. The second-order valence-electron chi connectivity index (χ2n) is 16.0. The summed E-state index contributed by atoms with van der Waals surface area (Å²) < 4.78 is 49.0. The molecule has 10 nitrogen and oxygen atoms in total. The van der Waals surface area contributed by atoms with Crippen molar-refractivity contribution in [2.45, 2.75) is 129 Å². The van der Waals surface area contributed by atoms with Crippen molar-refractivity contribution in [1.82, 2.24) is 0 Å². The lowest BCUT2D eigenvalue weighted by atomic mass is 10.4. The second-order valence-corrected chi connectivity index (χ2v) is 41.0. The van der Waals surface area contributed by atoms with Crippen LogP contribution in [0.25, 0.3) is 0 Å². The van der Waals surface area contributed by atoms with Gasteiger partial charge in [0.1, 0.15) is 0 Å². The lowest BCUT2D eigenvalue weighted by Crippen LogP contribution is -2.52. The fraction of sp³-hybridized carbons (Fsp3) is 0.812. The molecule has 0 fully saturated rings. The van der Waals surface area contributed by atoms with E-state index in [1.165, 1.54) is 0 Å². The lowest BCUT2D eigenvalue weighted by molar-refractivity contribution is -0.139. The van der Waals surface area contributed by atoms with Crippen molar-refractivity contribution in [3.8, 4) is 0 Å². The smallest absolute Gasteiger partial charge is 0.333 e. The van der Waals surface area contributed by atoms with Gasteiger partial charge in [-0.1, -0.05) is 13.2 Å². The van der Waals surface area contributed by atoms with Crippen LogP contribution in [0.5, 0.6) is 0 Å². The monoisotopic (exact) mass is 782 g/mol. The minimum atomic E-state index is -2.33. The molecule has 0 radical (unpaired) electrons. The zero-order valence-corrected chi connectivity index (χ0v) is 39.0. The van der Waals surface area contributed by atoms with Crippen LogP contribution in [0.4, 0.5) is 0 Å². The molecule has 0 saturated heterocycles. The zero-order valence-electron chi connectivity index (χ0n) is 33.0. The van der Waals surface area contributed by atoms with Gasteiger partial charge in [0.2, 0.25) is 0 Å². The SMILES string of the molecule is C=C(C)C(=O)OCCC[Si](C)(C)O[Si](C)(C)O[Si](C)(C)CCOCCOCC[Si](C)(C)O[Si](C)(C)O[Si](C)(C)CCCOC(=O)C(=C)C. The summed E-state index contributed by atoms with van der Waals surface area (Å²) in [6.45, 7) is 39.9.